The van der Waals surface area contributed by atoms with Crippen LogP contribution in [0.25, 0.3) is 0 Å². The average Bonchev–Trinajstić information content (AvgIpc) is 2.34. The van der Waals surface area contributed by atoms with Gasteiger partial charge >= 0.3 is 0 Å². The molecule has 1 aromatic heterocycles. The lowest BCUT2D eigenvalue weighted by molar-refractivity contribution is 1.11. The van der Waals surface area contributed by atoms with Crippen molar-refractivity contribution >= 4 is 43.9 Å². The summed E-state index contributed by atoms with van der Waals surface area (Å²) in [5, 5.41) is 1.18. The van der Waals surface area contributed by atoms with Crippen molar-refractivity contribution in [2.24, 2.45) is 0 Å². The zero-order chi connectivity index (χ0) is 7.56. The van der Waals surface area contributed by atoms with E-state index in [0.29, 0.717) is 6.00 Å². The Morgan fingerprint density at radius 2 is 2.40 bits per heavy atom. The molecular formula is C6H7BrClNS. The van der Waals surface area contributed by atoms with Gasteiger partial charge in [-0.1, -0.05) is 0 Å². The van der Waals surface area contributed by atoms with Crippen molar-refractivity contribution in [1.82, 2.24) is 0 Å². The molecule has 0 aliphatic rings. The molecule has 0 saturated heterocycles. The Balaban J connectivity index is 2.74. The smallest absolute Gasteiger partial charge is 0.0932 e. The summed E-state index contributed by atoms with van der Waals surface area (Å²) in [6, 6.07) is 4.59. The fourth-order valence-electron chi connectivity index (χ4n) is 0.569. The average molecular weight is 241 g/mol. The number of halogens is 2. The molecule has 0 unspecified atom stereocenters. The van der Waals surface area contributed by atoms with Gasteiger partial charge in [-0.15, -0.1) is 22.9 Å². The number of alkyl halides is 1. The molecule has 0 aliphatic carbocycles. The predicted octanol–water partition coefficient (Wildman–Crippen LogP) is 3.14. The minimum atomic E-state index is 0.535. The maximum atomic E-state index is 5.61. The highest BCUT2D eigenvalue weighted by Gasteiger charge is 2.00. The second-order valence-electron chi connectivity index (χ2n) is 1.90. The third-order valence-electron chi connectivity index (χ3n) is 1.11. The Bertz CT molecular complexity index is 213. The van der Waals surface area contributed by atoms with Crippen LogP contribution in [0.2, 0.25) is 0 Å². The van der Waals surface area contributed by atoms with Crippen LogP contribution in [0.1, 0.15) is 0 Å². The minimum Gasteiger partial charge on any atom is -0.353 e. The van der Waals surface area contributed by atoms with Crippen molar-refractivity contribution in [2.75, 3.05) is 18.0 Å². The van der Waals surface area contributed by atoms with Gasteiger partial charge < -0.3 is 4.90 Å². The highest BCUT2D eigenvalue weighted by molar-refractivity contribution is 9.11. The van der Waals surface area contributed by atoms with Gasteiger partial charge in [0.2, 0.25) is 0 Å². The summed E-state index contributed by atoms with van der Waals surface area (Å²) >= 11 is 10.7. The molecule has 0 bridgehead atoms. The standard InChI is InChI=1S/C6H7BrClNS/c1-9(4-8)6-3-2-5(7)10-6/h2-3H,4H2,1H3. The fourth-order valence-corrected chi connectivity index (χ4v) is 2.09. The highest BCUT2D eigenvalue weighted by atomic mass is 79.9. The molecule has 0 fully saturated rings. The maximum Gasteiger partial charge on any atom is 0.0932 e. The Hall–Kier alpha value is 0.270. The Labute approximate surface area is 77.7 Å². The predicted molar refractivity (Wildman–Crippen MR) is 51.1 cm³/mol. The molecule has 0 radical (unpaired) electrons. The normalized spacial score (nSPS) is 9.90. The van der Waals surface area contributed by atoms with Gasteiger partial charge in [0.1, 0.15) is 0 Å². The van der Waals surface area contributed by atoms with E-state index in [-0.39, 0.29) is 0 Å². The summed E-state index contributed by atoms with van der Waals surface area (Å²) in [5.74, 6) is 0. The molecule has 0 aliphatic heterocycles. The zero-order valence-corrected chi connectivity index (χ0v) is 8.63. The van der Waals surface area contributed by atoms with E-state index in [0.717, 1.165) is 3.79 Å². The summed E-state index contributed by atoms with van der Waals surface area (Å²) in [7, 11) is 1.96. The summed E-state index contributed by atoms with van der Waals surface area (Å²) in [5.41, 5.74) is 0. The molecule has 0 N–H and O–H groups in total. The number of hydrogen-bond acceptors (Lipinski definition) is 2. The van der Waals surface area contributed by atoms with Crippen LogP contribution in [0.3, 0.4) is 0 Å². The van der Waals surface area contributed by atoms with E-state index in [1.165, 1.54) is 5.00 Å². The van der Waals surface area contributed by atoms with Gasteiger partial charge in [0.15, 0.2) is 0 Å². The largest absolute Gasteiger partial charge is 0.353 e. The van der Waals surface area contributed by atoms with Gasteiger partial charge in [-0.3, -0.25) is 0 Å². The van der Waals surface area contributed by atoms with E-state index in [1.807, 2.05) is 24.1 Å². The van der Waals surface area contributed by atoms with E-state index in [4.69, 9.17) is 11.6 Å². The lowest BCUT2D eigenvalue weighted by Gasteiger charge is -2.10. The number of anilines is 1. The number of nitrogens with zero attached hydrogens (tertiary/aromatic N) is 1. The van der Waals surface area contributed by atoms with E-state index >= 15 is 0 Å². The molecule has 0 saturated carbocycles. The van der Waals surface area contributed by atoms with Crippen LogP contribution in [-0.4, -0.2) is 13.1 Å². The quantitative estimate of drug-likeness (QED) is 0.567. The van der Waals surface area contributed by atoms with E-state index < -0.39 is 0 Å². The summed E-state index contributed by atoms with van der Waals surface area (Å²) < 4.78 is 1.14. The Morgan fingerprint density at radius 3 is 2.80 bits per heavy atom. The second-order valence-corrected chi connectivity index (χ2v) is 4.58. The minimum absolute atomic E-state index is 0.535. The first kappa shape index (κ1) is 8.37. The van der Waals surface area contributed by atoms with Crippen molar-refractivity contribution in [3.63, 3.8) is 0 Å². The van der Waals surface area contributed by atoms with Gasteiger partial charge in [0.25, 0.3) is 0 Å². The maximum absolute atomic E-state index is 5.61. The van der Waals surface area contributed by atoms with Crippen molar-refractivity contribution in [2.45, 2.75) is 0 Å². The second kappa shape index (κ2) is 3.60. The van der Waals surface area contributed by atoms with Crippen LogP contribution >= 0.6 is 38.9 Å². The van der Waals surface area contributed by atoms with E-state index in [9.17, 15) is 0 Å². The first-order valence-corrected chi connectivity index (χ1v) is 4.91. The molecule has 56 valence electrons. The van der Waals surface area contributed by atoms with Crippen LogP contribution in [0.5, 0.6) is 0 Å². The van der Waals surface area contributed by atoms with E-state index in [2.05, 4.69) is 15.9 Å². The lowest BCUT2D eigenvalue weighted by Crippen LogP contribution is -2.11. The van der Waals surface area contributed by atoms with Crippen LogP contribution in [-0.2, 0) is 0 Å². The van der Waals surface area contributed by atoms with Gasteiger partial charge in [0.05, 0.1) is 14.8 Å². The van der Waals surface area contributed by atoms with Gasteiger partial charge in [0, 0.05) is 7.05 Å². The molecule has 0 amide bonds. The van der Waals surface area contributed by atoms with Crippen molar-refractivity contribution in [3.8, 4) is 0 Å². The van der Waals surface area contributed by atoms with Gasteiger partial charge in [-0.05, 0) is 28.1 Å². The summed E-state index contributed by atoms with van der Waals surface area (Å²) in [4.78, 5) is 1.98. The molecule has 1 rings (SSSR count). The van der Waals surface area contributed by atoms with Crippen molar-refractivity contribution in [1.29, 1.82) is 0 Å². The van der Waals surface area contributed by atoms with Crippen LogP contribution in [0, 0.1) is 0 Å². The zero-order valence-electron chi connectivity index (χ0n) is 5.47. The fraction of sp³-hybridized carbons (Fsp3) is 0.333. The third-order valence-corrected chi connectivity index (χ3v) is 3.21. The van der Waals surface area contributed by atoms with E-state index in [1.54, 1.807) is 11.3 Å². The first-order valence-electron chi connectivity index (χ1n) is 2.76. The molecule has 1 heterocycles. The molecule has 0 aromatic carbocycles. The lowest BCUT2D eigenvalue weighted by atomic mass is 10.6. The van der Waals surface area contributed by atoms with Gasteiger partial charge in [-0.2, -0.15) is 0 Å². The van der Waals surface area contributed by atoms with Crippen LogP contribution in [0.15, 0.2) is 15.9 Å². The Kier molecular flexibility index (Phi) is 3.01. The van der Waals surface area contributed by atoms with Crippen LogP contribution in [0.4, 0.5) is 5.00 Å². The summed E-state index contributed by atoms with van der Waals surface area (Å²) in [6.07, 6.45) is 0. The van der Waals surface area contributed by atoms with Crippen molar-refractivity contribution in [3.05, 3.63) is 15.9 Å². The molecule has 1 nitrogen and oxygen atoms in total. The topological polar surface area (TPSA) is 3.24 Å². The van der Waals surface area contributed by atoms with Crippen LogP contribution < -0.4 is 4.90 Å². The number of hydrogen-bond donors (Lipinski definition) is 0. The number of thiophene rings is 1. The molecule has 4 heteroatoms. The molecule has 1 aromatic rings. The third kappa shape index (κ3) is 1.87. The first-order chi connectivity index (χ1) is 4.74. The van der Waals surface area contributed by atoms with Gasteiger partial charge in [-0.25, -0.2) is 0 Å². The molecular weight excluding hydrogens is 233 g/mol. The highest BCUT2D eigenvalue weighted by Crippen LogP contribution is 2.28. The molecule has 10 heavy (non-hydrogen) atoms. The molecule has 0 spiro atoms. The van der Waals surface area contributed by atoms with Crippen molar-refractivity contribution < 1.29 is 0 Å². The summed E-state index contributed by atoms with van der Waals surface area (Å²) in [6.45, 7) is 0. The molecule has 0 atom stereocenters. The SMILES string of the molecule is CN(CCl)c1ccc(Br)s1. The number of rotatable bonds is 2. The monoisotopic (exact) mass is 239 g/mol. The Morgan fingerprint density at radius 1 is 1.70 bits per heavy atom.